The van der Waals surface area contributed by atoms with Gasteiger partial charge in [-0.2, -0.15) is 0 Å². The van der Waals surface area contributed by atoms with E-state index in [1.165, 1.54) is 44.9 Å². The Morgan fingerprint density at radius 1 is 0.889 bits per heavy atom. The van der Waals surface area contributed by atoms with Crippen LogP contribution in [-0.4, -0.2) is 23.8 Å². The molecule has 2 fully saturated rings. The summed E-state index contributed by atoms with van der Waals surface area (Å²) in [7, 11) is 0. The zero-order valence-corrected chi connectivity index (χ0v) is 11.2. The second-order valence-electron chi connectivity index (χ2n) is 6.20. The van der Waals surface area contributed by atoms with E-state index in [-0.39, 0.29) is 6.04 Å². The van der Waals surface area contributed by atoms with Crippen molar-refractivity contribution in [1.29, 1.82) is 0 Å². The first-order chi connectivity index (χ1) is 8.81. The normalized spacial score (nSPS) is 36.9. The van der Waals surface area contributed by atoms with Gasteiger partial charge in [-0.25, -0.2) is 9.79 Å². The maximum absolute atomic E-state index is 10.2. The number of hydrogen-bond donors (Lipinski definition) is 1. The van der Waals surface area contributed by atoms with Crippen molar-refractivity contribution in [1.82, 2.24) is 0 Å². The first-order valence-electron chi connectivity index (χ1n) is 7.49. The van der Waals surface area contributed by atoms with Gasteiger partial charge in [0.1, 0.15) is 0 Å². The van der Waals surface area contributed by atoms with E-state index in [2.05, 4.69) is 4.99 Å². The lowest BCUT2D eigenvalue weighted by Gasteiger charge is -2.32. The summed E-state index contributed by atoms with van der Waals surface area (Å²) in [5.74, 6) is 2.29. The molecule has 0 aromatic carbocycles. The van der Waals surface area contributed by atoms with E-state index in [1.807, 2.05) is 0 Å². The molecule has 3 nitrogen and oxygen atoms in total. The maximum atomic E-state index is 10.2. The van der Waals surface area contributed by atoms with Gasteiger partial charge in [0.25, 0.3) is 0 Å². The van der Waals surface area contributed by atoms with E-state index in [0.29, 0.717) is 12.5 Å². The van der Waals surface area contributed by atoms with Gasteiger partial charge in [0, 0.05) is 6.61 Å². The van der Waals surface area contributed by atoms with Crippen molar-refractivity contribution in [3.05, 3.63) is 0 Å². The fourth-order valence-electron chi connectivity index (χ4n) is 3.71. The Balaban J connectivity index is 1.67. The number of aliphatic hydroxyl groups excluding tert-OH is 1. The van der Waals surface area contributed by atoms with Crippen LogP contribution in [0.15, 0.2) is 4.99 Å². The van der Waals surface area contributed by atoms with Crippen LogP contribution in [0.3, 0.4) is 0 Å². The number of isocyanates is 1. The summed E-state index contributed by atoms with van der Waals surface area (Å²) in [6.45, 7) is 0.377. The lowest BCUT2D eigenvalue weighted by atomic mass is 9.74. The van der Waals surface area contributed by atoms with Crippen LogP contribution in [0.4, 0.5) is 0 Å². The van der Waals surface area contributed by atoms with Gasteiger partial charge in [0.2, 0.25) is 6.08 Å². The van der Waals surface area contributed by atoms with Gasteiger partial charge in [0.15, 0.2) is 0 Å². The Morgan fingerprint density at radius 2 is 1.39 bits per heavy atom. The summed E-state index contributed by atoms with van der Waals surface area (Å²) in [4.78, 5) is 14.1. The molecule has 0 atom stereocenters. The first kappa shape index (κ1) is 13.8. The third-order valence-electron chi connectivity index (χ3n) is 4.94. The predicted molar refractivity (Wildman–Crippen MR) is 71.0 cm³/mol. The van der Waals surface area contributed by atoms with Crippen LogP contribution in [0.1, 0.15) is 57.8 Å². The molecule has 18 heavy (non-hydrogen) atoms. The van der Waals surface area contributed by atoms with Crippen LogP contribution in [0.25, 0.3) is 0 Å². The van der Waals surface area contributed by atoms with Gasteiger partial charge < -0.3 is 5.11 Å². The molecule has 0 heterocycles. The molecule has 2 aliphatic rings. The molecule has 2 aliphatic carbocycles. The fraction of sp³-hybridized carbons (Fsp3) is 0.933. The number of carbonyl (C=O) groups excluding carboxylic acids is 1. The highest BCUT2D eigenvalue weighted by molar-refractivity contribution is 5.33. The quantitative estimate of drug-likeness (QED) is 0.616. The number of nitrogens with zero attached hydrogens (tertiary/aromatic N) is 1. The smallest absolute Gasteiger partial charge is 0.235 e. The summed E-state index contributed by atoms with van der Waals surface area (Å²) in [5.41, 5.74) is 0. The van der Waals surface area contributed by atoms with E-state index in [0.717, 1.165) is 24.7 Å². The van der Waals surface area contributed by atoms with Gasteiger partial charge in [-0.15, -0.1) is 0 Å². The number of aliphatic hydroxyl groups is 1. The lowest BCUT2D eigenvalue weighted by molar-refractivity contribution is 0.150. The topological polar surface area (TPSA) is 49.7 Å². The van der Waals surface area contributed by atoms with Crippen molar-refractivity contribution < 1.29 is 9.90 Å². The van der Waals surface area contributed by atoms with Gasteiger partial charge in [-0.1, -0.05) is 12.8 Å². The largest absolute Gasteiger partial charge is 0.396 e. The zero-order chi connectivity index (χ0) is 12.8. The molecule has 0 radical (unpaired) electrons. The Hall–Kier alpha value is -0.660. The fourth-order valence-corrected chi connectivity index (χ4v) is 3.71. The van der Waals surface area contributed by atoms with Crippen molar-refractivity contribution in [2.24, 2.45) is 22.7 Å². The molecule has 0 aromatic heterocycles. The molecule has 2 rings (SSSR count). The second-order valence-corrected chi connectivity index (χ2v) is 6.20. The molecule has 0 bridgehead atoms. The summed E-state index contributed by atoms with van der Waals surface area (Å²) in [5, 5.41) is 9.14. The molecular weight excluding hydrogens is 226 g/mol. The summed E-state index contributed by atoms with van der Waals surface area (Å²) < 4.78 is 0. The van der Waals surface area contributed by atoms with Crippen molar-refractivity contribution in [2.45, 2.75) is 63.8 Å². The maximum Gasteiger partial charge on any atom is 0.235 e. The molecule has 0 aromatic rings. The Kier molecular flexibility index (Phi) is 5.40. The Morgan fingerprint density at radius 3 is 1.89 bits per heavy atom. The molecule has 102 valence electrons. The van der Waals surface area contributed by atoms with Crippen molar-refractivity contribution in [3.63, 3.8) is 0 Å². The van der Waals surface area contributed by atoms with Crippen LogP contribution in [0.2, 0.25) is 0 Å². The first-order valence-corrected chi connectivity index (χ1v) is 7.49. The standard InChI is InChI=1S/C15H25NO2/c17-10-14-3-1-12(2-4-14)9-13-5-7-15(8-6-13)16-11-18/h12-15,17H,1-10H2. The van der Waals surface area contributed by atoms with E-state index < -0.39 is 0 Å². The third kappa shape index (κ3) is 3.93. The summed E-state index contributed by atoms with van der Waals surface area (Å²) in [6, 6.07) is 0.254. The SMILES string of the molecule is O=C=NC1CCC(CC2CCC(CO)CC2)CC1. The van der Waals surface area contributed by atoms with Crippen LogP contribution < -0.4 is 0 Å². The van der Waals surface area contributed by atoms with Gasteiger partial charge in [0.05, 0.1) is 6.04 Å². The number of rotatable bonds is 4. The monoisotopic (exact) mass is 251 g/mol. The highest BCUT2D eigenvalue weighted by Crippen LogP contribution is 2.37. The summed E-state index contributed by atoms with van der Waals surface area (Å²) in [6.07, 6.45) is 12.7. The third-order valence-corrected chi connectivity index (χ3v) is 4.94. The predicted octanol–water partition coefficient (Wildman–Crippen LogP) is 3.07. The van der Waals surface area contributed by atoms with Crippen molar-refractivity contribution in [2.75, 3.05) is 6.61 Å². The molecule has 0 saturated heterocycles. The highest BCUT2D eigenvalue weighted by atomic mass is 16.3. The number of aliphatic imine (C=N–C) groups is 1. The lowest BCUT2D eigenvalue weighted by Crippen LogP contribution is -2.22. The minimum Gasteiger partial charge on any atom is -0.396 e. The average molecular weight is 251 g/mol. The van der Waals surface area contributed by atoms with Crippen molar-refractivity contribution >= 4 is 6.08 Å². The van der Waals surface area contributed by atoms with E-state index >= 15 is 0 Å². The molecule has 0 spiro atoms. The molecular formula is C15H25NO2. The molecule has 1 N–H and O–H groups in total. The zero-order valence-electron chi connectivity index (χ0n) is 11.2. The molecule has 0 unspecified atom stereocenters. The van der Waals surface area contributed by atoms with Gasteiger partial charge in [-0.3, -0.25) is 0 Å². The molecule has 0 aliphatic heterocycles. The van der Waals surface area contributed by atoms with Gasteiger partial charge >= 0.3 is 0 Å². The minimum absolute atomic E-state index is 0.254. The molecule has 0 amide bonds. The minimum atomic E-state index is 0.254. The Labute approximate surface area is 110 Å². The van der Waals surface area contributed by atoms with Crippen LogP contribution >= 0.6 is 0 Å². The second kappa shape index (κ2) is 7.06. The van der Waals surface area contributed by atoms with Crippen LogP contribution in [0.5, 0.6) is 0 Å². The number of hydrogen-bond acceptors (Lipinski definition) is 3. The summed E-state index contributed by atoms with van der Waals surface area (Å²) >= 11 is 0. The average Bonchev–Trinajstić information content (AvgIpc) is 2.42. The van der Waals surface area contributed by atoms with Crippen LogP contribution in [-0.2, 0) is 4.79 Å². The van der Waals surface area contributed by atoms with Crippen LogP contribution in [0, 0.1) is 17.8 Å². The van der Waals surface area contributed by atoms with E-state index in [9.17, 15) is 4.79 Å². The molecule has 2 saturated carbocycles. The van der Waals surface area contributed by atoms with E-state index in [4.69, 9.17) is 5.11 Å². The highest BCUT2D eigenvalue weighted by Gasteiger charge is 2.26. The van der Waals surface area contributed by atoms with Gasteiger partial charge in [-0.05, 0) is 62.7 Å². The Bertz CT molecular complexity index is 283. The van der Waals surface area contributed by atoms with Crippen molar-refractivity contribution in [3.8, 4) is 0 Å². The van der Waals surface area contributed by atoms with E-state index in [1.54, 1.807) is 6.08 Å². The molecule has 3 heteroatoms.